The Bertz CT molecular complexity index is 437. The summed E-state index contributed by atoms with van der Waals surface area (Å²) in [6, 6.07) is 3.90. The van der Waals surface area contributed by atoms with E-state index in [1.165, 1.54) is 12.1 Å². The minimum Gasteiger partial charge on any atom is -0.478 e. The number of anilines is 1. The van der Waals surface area contributed by atoms with Crippen LogP contribution >= 0.6 is 0 Å². The van der Waals surface area contributed by atoms with Crippen molar-refractivity contribution in [3.05, 3.63) is 29.6 Å². The van der Waals surface area contributed by atoms with Gasteiger partial charge in [-0.25, -0.2) is 9.18 Å². The fraction of sp³-hybridized carbons (Fsp3) is 0.250. The summed E-state index contributed by atoms with van der Waals surface area (Å²) in [5, 5.41) is 11.6. The first kappa shape index (κ1) is 12.1. The third kappa shape index (κ3) is 2.99. The van der Waals surface area contributed by atoms with Crippen LogP contribution in [0.2, 0.25) is 0 Å². The molecule has 1 atom stereocenters. The van der Waals surface area contributed by atoms with Crippen molar-refractivity contribution in [3.8, 4) is 12.3 Å². The van der Waals surface area contributed by atoms with E-state index in [1.54, 1.807) is 0 Å². The van der Waals surface area contributed by atoms with E-state index in [-0.39, 0.29) is 11.6 Å². The highest BCUT2D eigenvalue weighted by atomic mass is 19.1. The molecular weight excluding hydrogens is 209 g/mol. The first-order chi connectivity index (χ1) is 7.54. The lowest BCUT2D eigenvalue weighted by atomic mass is 10.1. The largest absolute Gasteiger partial charge is 0.478 e. The average molecular weight is 221 g/mol. The predicted molar refractivity (Wildman–Crippen MR) is 59.9 cm³/mol. The zero-order valence-corrected chi connectivity index (χ0v) is 8.83. The third-order valence-corrected chi connectivity index (χ3v) is 2.04. The number of carboxylic acids is 1. The summed E-state index contributed by atoms with van der Waals surface area (Å²) in [7, 11) is 0. The first-order valence-electron chi connectivity index (χ1n) is 4.77. The van der Waals surface area contributed by atoms with Crippen molar-refractivity contribution in [1.29, 1.82) is 0 Å². The van der Waals surface area contributed by atoms with Crippen LogP contribution in [-0.2, 0) is 0 Å². The zero-order valence-electron chi connectivity index (χ0n) is 8.83. The molecule has 1 rings (SSSR count). The van der Waals surface area contributed by atoms with Crippen LogP contribution < -0.4 is 5.32 Å². The number of hydrogen-bond acceptors (Lipinski definition) is 2. The van der Waals surface area contributed by atoms with E-state index < -0.39 is 11.8 Å². The van der Waals surface area contributed by atoms with Gasteiger partial charge in [0.15, 0.2) is 0 Å². The van der Waals surface area contributed by atoms with Crippen LogP contribution in [-0.4, -0.2) is 17.1 Å². The maximum Gasteiger partial charge on any atom is 0.338 e. The SMILES string of the molecule is C#CCC(C)Nc1ccc(C(=O)O)c(F)c1. The molecule has 0 bridgehead atoms. The average Bonchev–Trinajstić information content (AvgIpc) is 2.17. The third-order valence-electron chi connectivity index (χ3n) is 2.04. The molecule has 2 N–H and O–H groups in total. The quantitative estimate of drug-likeness (QED) is 0.767. The molecule has 1 aromatic carbocycles. The topological polar surface area (TPSA) is 49.3 Å². The molecule has 3 nitrogen and oxygen atoms in total. The Balaban J connectivity index is 2.82. The van der Waals surface area contributed by atoms with E-state index in [9.17, 15) is 9.18 Å². The van der Waals surface area contributed by atoms with Gasteiger partial charge in [-0.15, -0.1) is 12.3 Å². The molecule has 0 heterocycles. The van der Waals surface area contributed by atoms with Gasteiger partial charge in [-0.1, -0.05) is 0 Å². The Morgan fingerprint density at radius 3 is 2.88 bits per heavy atom. The van der Waals surface area contributed by atoms with E-state index >= 15 is 0 Å². The molecule has 0 aliphatic heterocycles. The summed E-state index contributed by atoms with van der Waals surface area (Å²) in [4.78, 5) is 10.6. The molecule has 1 unspecified atom stereocenters. The molecule has 0 aliphatic rings. The van der Waals surface area contributed by atoms with Gasteiger partial charge in [0.1, 0.15) is 5.82 Å². The van der Waals surface area contributed by atoms with E-state index in [0.717, 1.165) is 6.07 Å². The van der Waals surface area contributed by atoms with Gasteiger partial charge < -0.3 is 10.4 Å². The fourth-order valence-electron chi connectivity index (χ4n) is 1.29. The van der Waals surface area contributed by atoms with E-state index in [1.807, 2.05) is 6.92 Å². The molecule has 0 aromatic heterocycles. The molecule has 0 fully saturated rings. The standard InChI is InChI=1S/C12H12FNO2/c1-3-4-8(2)14-9-5-6-10(12(15)16)11(13)7-9/h1,5-8,14H,4H2,2H3,(H,15,16). The van der Waals surface area contributed by atoms with Crippen LogP contribution in [0, 0.1) is 18.2 Å². The van der Waals surface area contributed by atoms with Crippen LogP contribution in [0.25, 0.3) is 0 Å². The van der Waals surface area contributed by atoms with Gasteiger partial charge in [0.2, 0.25) is 0 Å². The van der Waals surface area contributed by atoms with Gasteiger partial charge >= 0.3 is 5.97 Å². The minimum absolute atomic E-state index is 0.0140. The number of halogens is 1. The second-order valence-electron chi connectivity index (χ2n) is 3.45. The summed E-state index contributed by atoms with van der Waals surface area (Å²) in [6.45, 7) is 1.86. The van der Waals surface area contributed by atoms with E-state index in [4.69, 9.17) is 11.5 Å². The highest BCUT2D eigenvalue weighted by Crippen LogP contribution is 2.15. The Kier molecular flexibility index (Phi) is 3.90. The summed E-state index contributed by atoms with van der Waals surface area (Å²) in [6.07, 6.45) is 5.65. The fourth-order valence-corrected chi connectivity index (χ4v) is 1.29. The minimum atomic E-state index is -1.28. The number of hydrogen-bond donors (Lipinski definition) is 2. The number of benzene rings is 1. The summed E-state index contributed by atoms with van der Waals surface area (Å²) in [5.41, 5.74) is 0.181. The Labute approximate surface area is 93.3 Å². The molecule has 0 saturated heterocycles. The number of aromatic carboxylic acids is 1. The Hall–Kier alpha value is -2.02. The predicted octanol–water partition coefficient (Wildman–Crippen LogP) is 2.35. The Morgan fingerprint density at radius 1 is 1.69 bits per heavy atom. The number of carbonyl (C=O) groups is 1. The molecule has 0 aliphatic carbocycles. The van der Waals surface area contributed by atoms with Gasteiger partial charge in [-0.2, -0.15) is 0 Å². The van der Waals surface area contributed by atoms with Crippen molar-refractivity contribution in [2.75, 3.05) is 5.32 Å². The maximum atomic E-state index is 13.3. The van der Waals surface area contributed by atoms with E-state index in [0.29, 0.717) is 12.1 Å². The second-order valence-corrected chi connectivity index (χ2v) is 3.45. The lowest BCUT2D eigenvalue weighted by Crippen LogP contribution is -2.14. The lowest BCUT2D eigenvalue weighted by Gasteiger charge is -2.12. The first-order valence-corrected chi connectivity index (χ1v) is 4.77. The van der Waals surface area contributed by atoms with Crippen LogP contribution in [0.15, 0.2) is 18.2 Å². The number of rotatable bonds is 4. The Morgan fingerprint density at radius 2 is 2.38 bits per heavy atom. The van der Waals surface area contributed by atoms with E-state index in [2.05, 4.69) is 11.2 Å². The molecule has 4 heteroatoms. The molecule has 84 valence electrons. The molecular formula is C12H12FNO2. The van der Waals surface area contributed by atoms with Gasteiger partial charge in [0, 0.05) is 18.2 Å². The van der Waals surface area contributed by atoms with Crippen molar-refractivity contribution >= 4 is 11.7 Å². The van der Waals surface area contributed by atoms with Crippen LogP contribution in [0.5, 0.6) is 0 Å². The highest BCUT2D eigenvalue weighted by molar-refractivity contribution is 5.88. The van der Waals surface area contributed by atoms with Gasteiger partial charge in [0.25, 0.3) is 0 Å². The van der Waals surface area contributed by atoms with Crippen molar-refractivity contribution < 1.29 is 14.3 Å². The molecule has 16 heavy (non-hydrogen) atoms. The van der Waals surface area contributed by atoms with Crippen molar-refractivity contribution in [1.82, 2.24) is 0 Å². The zero-order chi connectivity index (χ0) is 12.1. The number of terminal acetylenes is 1. The smallest absolute Gasteiger partial charge is 0.338 e. The molecule has 0 amide bonds. The summed E-state index contributed by atoms with van der Waals surface area (Å²) >= 11 is 0. The normalized spacial score (nSPS) is 11.6. The van der Waals surface area contributed by atoms with Crippen molar-refractivity contribution in [2.24, 2.45) is 0 Å². The summed E-state index contributed by atoms with van der Waals surface area (Å²) < 4.78 is 13.3. The molecule has 0 radical (unpaired) electrons. The van der Waals surface area contributed by atoms with Crippen molar-refractivity contribution in [2.45, 2.75) is 19.4 Å². The van der Waals surface area contributed by atoms with Crippen LogP contribution in [0.4, 0.5) is 10.1 Å². The highest BCUT2D eigenvalue weighted by Gasteiger charge is 2.10. The number of nitrogens with one attached hydrogen (secondary N) is 1. The second kappa shape index (κ2) is 5.17. The summed E-state index contributed by atoms with van der Waals surface area (Å²) in [5.74, 6) is 0.446. The van der Waals surface area contributed by atoms with Gasteiger partial charge in [-0.05, 0) is 25.1 Å². The van der Waals surface area contributed by atoms with Crippen LogP contribution in [0.3, 0.4) is 0 Å². The molecule has 1 aromatic rings. The van der Waals surface area contributed by atoms with Gasteiger partial charge in [-0.3, -0.25) is 0 Å². The monoisotopic (exact) mass is 221 g/mol. The molecule has 0 saturated carbocycles. The maximum absolute atomic E-state index is 13.3. The van der Waals surface area contributed by atoms with Gasteiger partial charge in [0.05, 0.1) is 5.56 Å². The molecule has 0 spiro atoms. The van der Waals surface area contributed by atoms with Crippen molar-refractivity contribution in [3.63, 3.8) is 0 Å². The number of carboxylic acid groups (broad SMARTS) is 1. The lowest BCUT2D eigenvalue weighted by molar-refractivity contribution is 0.0692. The van der Waals surface area contributed by atoms with Crippen LogP contribution in [0.1, 0.15) is 23.7 Å².